The van der Waals surface area contributed by atoms with Crippen molar-refractivity contribution in [1.82, 2.24) is 13.9 Å². The predicted molar refractivity (Wildman–Crippen MR) is 45.0 cm³/mol. The van der Waals surface area contributed by atoms with Crippen LogP contribution in [0.1, 0.15) is 12.4 Å². The van der Waals surface area contributed by atoms with Crippen LogP contribution < -0.4 is 0 Å². The molecule has 0 N–H and O–H groups in total. The van der Waals surface area contributed by atoms with Gasteiger partial charge in [0.2, 0.25) is 0 Å². The van der Waals surface area contributed by atoms with Gasteiger partial charge in [0.05, 0.1) is 6.54 Å². The molecule has 5 nitrogen and oxygen atoms in total. The Hall–Kier alpha value is -1.09. The lowest BCUT2D eigenvalue weighted by Crippen LogP contribution is -2.24. The molecule has 0 unspecified atom stereocenters. The number of halogens is 3. The van der Waals surface area contributed by atoms with E-state index in [1.165, 1.54) is 0 Å². The number of hydrogen-bond donors (Lipinski definition) is 0. The normalized spacial score (nSPS) is 12.7. The monoisotopic (exact) mass is 243 g/mol. The largest absolute Gasteiger partial charge is 0.374 e. The van der Waals surface area contributed by atoms with Gasteiger partial charge in [-0.2, -0.15) is 21.5 Å². The summed E-state index contributed by atoms with van der Waals surface area (Å²) in [6.45, 7) is -3.38. The lowest BCUT2D eigenvalue weighted by Gasteiger charge is -2.11. The van der Waals surface area contributed by atoms with Gasteiger partial charge >= 0.3 is 17.0 Å². The standard InChI is InChI=1S/C6H8F3N3O2S/c1-11(15(9,13)14)4-5-10-2-3-12(5)6(7)8/h2-3,6H,4H2,1H3. The molecule has 0 atom stereocenters. The second kappa shape index (κ2) is 4.19. The highest BCUT2D eigenvalue weighted by atomic mass is 32.3. The van der Waals surface area contributed by atoms with Gasteiger partial charge < -0.3 is 0 Å². The Morgan fingerprint density at radius 2 is 2.20 bits per heavy atom. The molecule has 86 valence electrons. The summed E-state index contributed by atoms with van der Waals surface area (Å²) in [5.74, 6) is -0.228. The molecule has 1 aromatic rings. The molecule has 0 aliphatic rings. The molecular weight excluding hydrogens is 235 g/mol. The molecule has 0 aliphatic carbocycles. The highest BCUT2D eigenvalue weighted by Gasteiger charge is 2.20. The van der Waals surface area contributed by atoms with Crippen LogP contribution in [0.4, 0.5) is 12.7 Å². The summed E-state index contributed by atoms with van der Waals surface area (Å²) in [6, 6.07) is 0. The van der Waals surface area contributed by atoms with Gasteiger partial charge in [0.25, 0.3) is 0 Å². The highest BCUT2D eigenvalue weighted by Crippen LogP contribution is 2.14. The molecule has 1 rings (SSSR count). The Morgan fingerprint density at radius 3 is 2.67 bits per heavy atom. The van der Waals surface area contributed by atoms with Crippen molar-refractivity contribution in [1.29, 1.82) is 0 Å². The fourth-order valence-corrected chi connectivity index (χ4v) is 1.19. The van der Waals surface area contributed by atoms with Gasteiger partial charge in [0, 0.05) is 19.4 Å². The van der Waals surface area contributed by atoms with Gasteiger partial charge in [-0.15, -0.1) is 0 Å². The van der Waals surface area contributed by atoms with Crippen molar-refractivity contribution in [2.24, 2.45) is 0 Å². The van der Waals surface area contributed by atoms with Gasteiger partial charge in [0.15, 0.2) is 0 Å². The van der Waals surface area contributed by atoms with E-state index in [9.17, 15) is 21.1 Å². The van der Waals surface area contributed by atoms with E-state index >= 15 is 0 Å². The van der Waals surface area contributed by atoms with E-state index in [0.29, 0.717) is 4.57 Å². The van der Waals surface area contributed by atoms with E-state index in [0.717, 1.165) is 19.4 Å². The lowest BCUT2D eigenvalue weighted by molar-refractivity contribution is 0.0657. The molecule has 0 saturated carbocycles. The molecule has 0 aliphatic heterocycles. The van der Waals surface area contributed by atoms with E-state index in [1.54, 1.807) is 0 Å². The summed E-state index contributed by atoms with van der Waals surface area (Å²) in [4.78, 5) is 3.50. The number of nitrogens with zero attached hydrogens (tertiary/aromatic N) is 3. The minimum Gasteiger partial charge on any atom is -0.277 e. The van der Waals surface area contributed by atoms with E-state index in [2.05, 4.69) is 4.98 Å². The summed E-state index contributed by atoms with van der Waals surface area (Å²) in [5, 5.41) is 0. The molecule has 0 saturated heterocycles. The maximum Gasteiger partial charge on any atom is 0.374 e. The number of aromatic nitrogens is 2. The minimum atomic E-state index is -4.89. The van der Waals surface area contributed by atoms with Crippen molar-refractivity contribution in [2.45, 2.75) is 13.1 Å². The first kappa shape index (κ1) is 12.0. The van der Waals surface area contributed by atoms with E-state index in [-0.39, 0.29) is 10.1 Å². The lowest BCUT2D eigenvalue weighted by atomic mass is 10.6. The molecule has 0 bridgehead atoms. The zero-order valence-corrected chi connectivity index (χ0v) is 8.46. The molecule has 0 spiro atoms. The van der Waals surface area contributed by atoms with Crippen LogP contribution in [0.5, 0.6) is 0 Å². The molecule has 0 radical (unpaired) electrons. The van der Waals surface area contributed by atoms with Crippen molar-refractivity contribution in [3.05, 3.63) is 18.2 Å². The number of alkyl halides is 2. The van der Waals surface area contributed by atoms with Crippen LogP contribution >= 0.6 is 0 Å². The Balaban J connectivity index is 2.86. The predicted octanol–water partition coefficient (Wildman–Crippen LogP) is 0.924. The molecule has 0 amide bonds. The average Bonchev–Trinajstić information content (AvgIpc) is 2.50. The van der Waals surface area contributed by atoms with Gasteiger partial charge in [-0.1, -0.05) is 3.89 Å². The van der Waals surface area contributed by atoms with Crippen LogP contribution in [0.25, 0.3) is 0 Å². The topological polar surface area (TPSA) is 55.2 Å². The maximum atomic E-state index is 12.4. The molecular formula is C6H8F3N3O2S. The molecule has 0 aromatic carbocycles. The average molecular weight is 243 g/mol. The first-order valence-corrected chi connectivity index (χ1v) is 5.12. The zero-order valence-electron chi connectivity index (χ0n) is 7.64. The third-order valence-corrected chi connectivity index (χ3v) is 2.57. The van der Waals surface area contributed by atoms with Gasteiger partial charge in [-0.05, 0) is 0 Å². The Morgan fingerprint density at radius 1 is 1.60 bits per heavy atom. The van der Waals surface area contributed by atoms with Crippen molar-refractivity contribution >= 4 is 10.4 Å². The van der Waals surface area contributed by atoms with Crippen molar-refractivity contribution in [2.75, 3.05) is 7.05 Å². The SMILES string of the molecule is CN(Cc1nccn1C(F)F)S(=O)(=O)F. The van der Waals surface area contributed by atoms with Gasteiger partial charge in [-0.25, -0.2) is 4.98 Å². The fraction of sp³-hybridized carbons (Fsp3) is 0.500. The summed E-state index contributed by atoms with van der Waals surface area (Å²) in [7, 11) is -3.96. The van der Waals surface area contributed by atoms with Crippen LogP contribution in [0.3, 0.4) is 0 Å². The fourth-order valence-electron chi connectivity index (χ4n) is 0.920. The highest BCUT2D eigenvalue weighted by molar-refractivity contribution is 7.83. The van der Waals surface area contributed by atoms with Crippen LogP contribution in [-0.2, 0) is 17.0 Å². The summed E-state index contributed by atoms with van der Waals surface area (Å²) in [6.07, 6.45) is 2.07. The van der Waals surface area contributed by atoms with Crippen LogP contribution in [0.2, 0.25) is 0 Å². The molecule has 9 heteroatoms. The number of hydrogen-bond acceptors (Lipinski definition) is 3. The van der Waals surface area contributed by atoms with Crippen molar-refractivity contribution < 1.29 is 21.1 Å². The van der Waals surface area contributed by atoms with E-state index in [1.807, 2.05) is 0 Å². The van der Waals surface area contributed by atoms with Crippen LogP contribution in [0, 0.1) is 0 Å². The second-order valence-electron chi connectivity index (χ2n) is 2.73. The summed E-state index contributed by atoms with van der Waals surface area (Å²) < 4.78 is 58.4. The maximum absolute atomic E-state index is 12.4. The van der Waals surface area contributed by atoms with Gasteiger partial charge in [0.1, 0.15) is 5.82 Å². The zero-order chi connectivity index (χ0) is 11.6. The summed E-state index contributed by atoms with van der Waals surface area (Å²) in [5.41, 5.74) is 0. The van der Waals surface area contributed by atoms with Crippen LogP contribution in [0.15, 0.2) is 12.4 Å². The van der Waals surface area contributed by atoms with E-state index < -0.39 is 23.5 Å². The molecule has 0 fully saturated rings. The van der Waals surface area contributed by atoms with E-state index in [4.69, 9.17) is 0 Å². The minimum absolute atomic E-state index is 0.228. The van der Waals surface area contributed by atoms with Crippen molar-refractivity contribution in [3.8, 4) is 0 Å². The third-order valence-electron chi connectivity index (χ3n) is 1.70. The number of rotatable bonds is 4. The first-order chi connectivity index (χ1) is 6.82. The quantitative estimate of drug-likeness (QED) is 0.739. The smallest absolute Gasteiger partial charge is 0.277 e. The Labute approximate surface area is 84.5 Å². The molecule has 1 aromatic heterocycles. The molecule has 15 heavy (non-hydrogen) atoms. The third kappa shape index (κ3) is 2.93. The first-order valence-electron chi connectivity index (χ1n) is 3.78. The second-order valence-corrected chi connectivity index (χ2v) is 4.17. The Kier molecular flexibility index (Phi) is 3.35. The van der Waals surface area contributed by atoms with Crippen LogP contribution in [-0.4, -0.2) is 29.3 Å². The van der Waals surface area contributed by atoms with Gasteiger partial charge in [-0.3, -0.25) is 4.57 Å². The summed E-state index contributed by atoms with van der Waals surface area (Å²) >= 11 is 0. The number of imidazole rings is 1. The molecule has 1 heterocycles. The Bertz CT molecular complexity index is 431. The van der Waals surface area contributed by atoms with Crippen molar-refractivity contribution in [3.63, 3.8) is 0 Å².